The number of carbonyl (C=O) groups is 2. The fourth-order valence-electron chi connectivity index (χ4n) is 3.34. The molecule has 2 aliphatic heterocycles. The summed E-state index contributed by atoms with van der Waals surface area (Å²) >= 11 is 1.70. The van der Waals surface area contributed by atoms with Gasteiger partial charge in [-0.1, -0.05) is 13.3 Å². The lowest BCUT2D eigenvalue weighted by molar-refractivity contribution is -0.146. The SMILES string of the molecule is CC1(CN)CCN(C(=O)C2CSCN2C(=O)C2CCC2)C1. The summed E-state index contributed by atoms with van der Waals surface area (Å²) in [6, 6.07) is -0.247. The first-order valence-electron chi connectivity index (χ1n) is 7.91. The summed E-state index contributed by atoms with van der Waals surface area (Å²) in [4.78, 5) is 29.0. The number of likely N-dealkylation sites (tertiary alicyclic amines) is 1. The van der Waals surface area contributed by atoms with Gasteiger partial charge in [0.15, 0.2) is 0 Å². The van der Waals surface area contributed by atoms with Crippen molar-refractivity contribution in [1.29, 1.82) is 0 Å². The predicted molar refractivity (Wildman–Crippen MR) is 83.7 cm³/mol. The Labute approximate surface area is 130 Å². The molecule has 5 nitrogen and oxygen atoms in total. The van der Waals surface area contributed by atoms with Crippen molar-refractivity contribution in [2.45, 2.75) is 38.6 Å². The highest BCUT2D eigenvalue weighted by Gasteiger charge is 2.43. The number of amides is 2. The molecule has 1 saturated carbocycles. The van der Waals surface area contributed by atoms with Crippen molar-refractivity contribution in [2.75, 3.05) is 31.3 Å². The first-order chi connectivity index (χ1) is 10.0. The molecule has 2 unspecified atom stereocenters. The number of rotatable bonds is 3. The van der Waals surface area contributed by atoms with Crippen molar-refractivity contribution in [2.24, 2.45) is 17.1 Å². The van der Waals surface area contributed by atoms with Gasteiger partial charge in [-0.25, -0.2) is 0 Å². The highest BCUT2D eigenvalue weighted by Crippen LogP contribution is 2.34. The molecule has 0 bridgehead atoms. The van der Waals surface area contributed by atoms with Gasteiger partial charge in [-0.15, -0.1) is 11.8 Å². The van der Waals surface area contributed by atoms with Gasteiger partial charge in [-0.2, -0.15) is 0 Å². The second-order valence-electron chi connectivity index (χ2n) is 6.98. The minimum atomic E-state index is -0.247. The molecule has 6 heteroatoms. The van der Waals surface area contributed by atoms with Crippen LogP contribution in [0.15, 0.2) is 0 Å². The summed E-state index contributed by atoms with van der Waals surface area (Å²) in [7, 11) is 0. The van der Waals surface area contributed by atoms with Crippen molar-refractivity contribution in [3.05, 3.63) is 0 Å². The van der Waals surface area contributed by atoms with Gasteiger partial charge in [0.05, 0.1) is 5.88 Å². The molecule has 0 aromatic rings. The fourth-order valence-corrected chi connectivity index (χ4v) is 4.50. The molecule has 1 aliphatic carbocycles. The van der Waals surface area contributed by atoms with Crippen molar-refractivity contribution in [3.63, 3.8) is 0 Å². The maximum atomic E-state index is 12.8. The molecule has 0 radical (unpaired) electrons. The molecular weight excluding hydrogens is 286 g/mol. The Bertz CT molecular complexity index is 441. The Morgan fingerprint density at radius 3 is 2.67 bits per heavy atom. The molecule has 0 spiro atoms. The lowest BCUT2D eigenvalue weighted by atomic mass is 9.84. The van der Waals surface area contributed by atoms with Crippen LogP contribution in [-0.2, 0) is 9.59 Å². The summed E-state index contributed by atoms with van der Waals surface area (Å²) in [5, 5.41) is 0. The van der Waals surface area contributed by atoms with Crippen LogP contribution in [0.5, 0.6) is 0 Å². The van der Waals surface area contributed by atoms with E-state index in [1.165, 1.54) is 0 Å². The summed E-state index contributed by atoms with van der Waals surface area (Å²) in [5.41, 5.74) is 5.86. The van der Waals surface area contributed by atoms with Gasteiger partial charge in [-0.05, 0) is 31.2 Å². The Kier molecular flexibility index (Phi) is 4.19. The summed E-state index contributed by atoms with van der Waals surface area (Å²) in [6.07, 6.45) is 4.11. The third-order valence-electron chi connectivity index (χ3n) is 5.27. The first kappa shape index (κ1) is 15.2. The minimum absolute atomic E-state index is 0.0459. The van der Waals surface area contributed by atoms with E-state index in [1.807, 2.05) is 9.80 Å². The first-order valence-corrected chi connectivity index (χ1v) is 9.07. The Morgan fingerprint density at radius 1 is 1.33 bits per heavy atom. The van der Waals surface area contributed by atoms with Gasteiger partial charge >= 0.3 is 0 Å². The van der Waals surface area contributed by atoms with Crippen LogP contribution in [0.4, 0.5) is 0 Å². The van der Waals surface area contributed by atoms with Crippen LogP contribution in [0.25, 0.3) is 0 Å². The van der Waals surface area contributed by atoms with Gasteiger partial charge < -0.3 is 15.5 Å². The summed E-state index contributed by atoms with van der Waals surface area (Å²) in [6.45, 7) is 4.26. The Morgan fingerprint density at radius 2 is 2.10 bits per heavy atom. The van der Waals surface area contributed by atoms with E-state index in [0.29, 0.717) is 12.4 Å². The van der Waals surface area contributed by atoms with Crippen LogP contribution in [0.1, 0.15) is 32.6 Å². The average molecular weight is 311 g/mol. The van der Waals surface area contributed by atoms with Crippen LogP contribution in [0.2, 0.25) is 0 Å². The number of nitrogens with zero attached hydrogens (tertiary/aromatic N) is 2. The molecule has 3 rings (SSSR count). The number of carbonyl (C=O) groups excluding carboxylic acids is 2. The molecule has 2 amide bonds. The largest absolute Gasteiger partial charge is 0.340 e. The molecule has 3 fully saturated rings. The lowest BCUT2D eigenvalue weighted by Crippen LogP contribution is -2.51. The van der Waals surface area contributed by atoms with E-state index in [4.69, 9.17) is 5.73 Å². The molecule has 2 N–H and O–H groups in total. The van der Waals surface area contributed by atoms with E-state index >= 15 is 0 Å². The van der Waals surface area contributed by atoms with Gasteiger partial charge in [0.1, 0.15) is 6.04 Å². The molecule has 118 valence electrons. The highest BCUT2D eigenvalue weighted by molar-refractivity contribution is 7.99. The van der Waals surface area contributed by atoms with Crippen molar-refractivity contribution < 1.29 is 9.59 Å². The van der Waals surface area contributed by atoms with E-state index in [0.717, 1.165) is 44.5 Å². The molecular formula is C15H25N3O2S. The minimum Gasteiger partial charge on any atom is -0.340 e. The zero-order valence-electron chi connectivity index (χ0n) is 12.7. The van der Waals surface area contributed by atoms with Crippen LogP contribution in [0.3, 0.4) is 0 Å². The molecule has 2 atom stereocenters. The second-order valence-corrected chi connectivity index (χ2v) is 7.98. The van der Waals surface area contributed by atoms with Crippen molar-refractivity contribution >= 4 is 23.6 Å². The quantitative estimate of drug-likeness (QED) is 0.840. The second kappa shape index (κ2) is 5.80. The van der Waals surface area contributed by atoms with Crippen LogP contribution in [0, 0.1) is 11.3 Å². The van der Waals surface area contributed by atoms with Gasteiger partial charge in [0.25, 0.3) is 0 Å². The third kappa shape index (κ3) is 2.80. The number of nitrogens with two attached hydrogens (primary N) is 1. The van der Waals surface area contributed by atoms with Gasteiger partial charge in [-0.3, -0.25) is 9.59 Å². The molecule has 2 heterocycles. The maximum Gasteiger partial charge on any atom is 0.246 e. The van der Waals surface area contributed by atoms with E-state index in [1.54, 1.807) is 11.8 Å². The van der Waals surface area contributed by atoms with Crippen molar-refractivity contribution in [1.82, 2.24) is 9.80 Å². The zero-order chi connectivity index (χ0) is 15.0. The molecule has 0 aromatic heterocycles. The van der Waals surface area contributed by atoms with Crippen molar-refractivity contribution in [3.8, 4) is 0 Å². The van der Waals surface area contributed by atoms with Crippen LogP contribution in [-0.4, -0.2) is 58.9 Å². The fraction of sp³-hybridized carbons (Fsp3) is 0.867. The smallest absolute Gasteiger partial charge is 0.246 e. The normalized spacial score (nSPS) is 33.3. The molecule has 3 aliphatic rings. The van der Waals surface area contributed by atoms with Gasteiger partial charge in [0.2, 0.25) is 11.8 Å². The number of thioether (sulfide) groups is 1. The maximum absolute atomic E-state index is 12.8. The molecule has 2 saturated heterocycles. The van der Waals surface area contributed by atoms with E-state index in [-0.39, 0.29) is 29.2 Å². The molecule has 21 heavy (non-hydrogen) atoms. The van der Waals surface area contributed by atoms with Crippen LogP contribution < -0.4 is 5.73 Å². The summed E-state index contributed by atoms with van der Waals surface area (Å²) < 4.78 is 0. The zero-order valence-corrected chi connectivity index (χ0v) is 13.5. The third-order valence-corrected chi connectivity index (χ3v) is 6.28. The standard InChI is InChI=1S/C15H25N3O2S/c1-15(8-16)5-6-17(9-15)14(20)12-7-21-10-18(12)13(19)11-3-2-4-11/h11-12H,2-10,16H2,1H3. The highest BCUT2D eigenvalue weighted by atomic mass is 32.2. The topological polar surface area (TPSA) is 66.6 Å². The number of hydrogen-bond donors (Lipinski definition) is 1. The average Bonchev–Trinajstić information content (AvgIpc) is 3.03. The monoisotopic (exact) mass is 311 g/mol. The lowest BCUT2D eigenvalue weighted by Gasteiger charge is -2.33. The number of hydrogen-bond acceptors (Lipinski definition) is 4. The Balaban J connectivity index is 1.65. The predicted octanol–water partition coefficient (Wildman–Crippen LogP) is 0.885. The van der Waals surface area contributed by atoms with E-state index in [9.17, 15) is 9.59 Å². The molecule has 0 aromatic carbocycles. The summed E-state index contributed by atoms with van der Waals surface area (Å²) in [5.74, 6) is 1.92. The van der Waals surface area contributed by atoms with Crippen LogP contribution >= 0.6 is 11.8 Å². The van der Waals surface area contributed by atoms with Gasteiger partial charge in [0, 0.05) is 24.8 Å². The Hall–Kier alpha value is -0.750. The van der Waals surface area contributed by atoms with E-state index < -0.39 is 0 Å². The van der Waals surface area contributed by atoms with E-state index in [2.05, 4.69) is 6.92 Å².